The van der Waals surface area contributed by atoms with Gasteiger partial charge in [-0.1, -0.05) is 19.3 Å². The first kappa shape index (κ1) is 15.2. The van der Waals surface area contributed by atoms with Crippen molar-refractivity contribution < 1.29 is 17.9 Å². The lowest BCUT2D eigenvalue weighted by Crippen LogP contribution is -2.37. The van der Waals surface area contributed by atoms with Gasteiger partial charge in [0.15, 0.2) is 0 Å². The average Bonchev–Trinajstić information content (AvgIpc) is 2.46. The summed E-state index contributed by atoms with van der Waals surface area (Å²) < 4.78 is 44.0. The molecule has 2 N–H and O–H groups in total. The highest BCUT2D eigenvalue weighted by atomic mass is 19.4. The number of halogens is 3. The first-order valence-corrected chi connectivity index (χ1v) is 6.88. The molecule has 0 amide bonds. The molecule has 0 radical (unpaired) electrons. The Hall–Kier alpha value is -1.23. The van der Waals surface area contributed by atoms with Crippen molar-refractivity contribution in [2.24, 2.45) is 5.73 Å². The Morgan fingerprint density at radius 3 is 2.30 bits per heavy atom. The summed E-state index contributed by atoms with van der Waals surface area (Å²) in [6, 6.07) is 3.98. The van der Waals surface area contributed by atoms with Crippen molar-refractivity contribution >= 4 is 0 Å². The average molecular weight is 287 g/mol. The zero-order valence-corrected chi connectivity index (χ0v) is 11.6. The summed E-state index contributed by atoms with van der Waals surface area (Å²) in [4.78, 5) is 0. The van der Waals surface area contributed by atoms with Crippen LogP contribution in [-0.2, 0) is 11.6 Å². The molecule has 2 rings (SSSR count). The molecule has 5 heteroatoms. The van der Waals surface area contributed by atoms with Crippen LogP contribution in [0, 0.1) is 0 Å². The highest BCUT2D eigenvalue weighted by molar-refractivity contribution is 5.40. The Kier molecular flexibility index (Phi) is 4.28. The van der Waals surface area contributed by atoms with Crippen molar-refractivity contribution in [3.63, 3.8) is 0 Å². The standard InChI is InChI=1S/C15H20F3NO/c1-20-13-8-11(7-12(9-13)15(16,17)18)14(10-19)5-3-2-4-6-14/h7-9H,2-6,10,19H2,1H3. The largest absolute Gasteiger partial charge is 0.497 e. The highest BCUT2D eigenvalue weighted by Gasteiger charge is 2.37. The van der Waals surface area contributed by atoms with Crippen LogP contribution in [0.5, 0.6) is 5.75 Å². The number of alkyl halides is 3. The third-order valence-electron chi connectivity index (χ3n) is 4.28. The zero-order valence-electron chi connectivity index (χ0n) is 11.6. The molecule has 20 heavy (non-hydrogen) atoms. The molecule has 0 spiro atoms. The first-order chi connectivity index (χ1) is 9.41. The van der Waals surface area contributed by atoms with E-state index in [-0.39, 0.29) is 11.2 Å². The molecule has 0 heterocycles. The minimum atomic E-state index is -4.37. The lowest BCUT2D eigenvalue weighted by molar-refractivity contribution is -0.137. The van der Waals surface area contributed by atoms with Gasteiger partial charge in [0, 0.05) is 12.0 Å². The molecule has 0 aromatic heterocycles. The molecule has 1 aliphatic carbocycles. The summed E-state index contributed by atoms with van der Waals surface area (Å²) in [5.74, 6) is 0.244. The van der Waals surface area contributed by atoms with Crippen LogP contribution in [0.15, 0.2) is 18.2 Å². The molecule has 2 nitrogen and oxygen atoms in total. The van der Waals surface area contributed by atoms with Gasteiger partial charge in [0.2, 0.25) is 0 Å². The van der Waals surface area contributed by atoms with E-state index in [2.05, 4.69) is 0 Å². The van der Waals surface area contributed by atoms with Crippen LogP contribution < -0.4 is 10.5 Å². The number of methoxy groups -OCH3 is 1. The molecule has 0 unspecified atom stereocenters. The molecule has 0 bridgehead atoms. The summed E-state index contributed by atoms with van der Waals surface area (Å²) >= 11 is 0. The van der Waals surface area contributed by atoms with Gasteiger partial charge in [-0.25, -0.2) is 0 Å². The fourth-order valence-corrected chi connectivity index (χ4v) is 3.03. The maximum atomic E-state index is 13.0. The Bertz CT molecular complexity index is 465. The number of hydrogen-bond acceptors (Lipinski definition) is 2. The third-order valence-corrected chi connectivity index (χ3v) is 4.28. The predicted octanol–water partition coefficient (Wildman–Crippen LogP) is 3.87. The fraction of sp³-hybridized carbons (Fsp3) is 0.600. The fourth-order valence-electron chi connectivity index (χ4n) is 3.03. The molecular formula is C15H20F3NO. The van der Waals surface area contributed by atoms with Crippen LogP contribution in [0.3, 0.4) is 0 Å². The van der Waals surface area contributed by atoms with E-state index < -0.39 is 11.7 Å². The van der Waals surface area contributed by atoms with Crippen molar-refractivity contribution in [3.05, 3.63) is 29.3 Å². The molecule has 0 saturated heterocycles. The number of benzene rings is 1. The van der Waals surface area contributed by atoms with E-state index >= 15 is 0 Å². The zero-order chi connectivity index (χ0) is 14.8. The Morgan fingerprint density at radius 2 is 1.80 bits per heavy atom. The second-order valence-electron chi connectivity index (χ2n) is 5.49. The van der Waals surface area contributed by atoms with Gasteiger partial charge in [-0.2, -0.15) is 13.2 Å². The number of ether oxygens (including phenoxy) is 1. The summed E-state index contributed by atoms with van der Waals surface area (Å²) in [6.45, 7) is 0.372. The van der Waals surface area contributed by atoms with Gasteiger partial charge >= 0.3 is 6.18 Å². The monoisotopic (exact) mass is 287 g/mol. The molecule has 1 aromatic carbocycles. The minimum Gasteiger partial charge on any atom is -0.497 e. The SMILES string of the molecule is COc1cc(C(F)(F)F)cc(C2(CN)CCCCC2)c1. The second-order valence-corrected chi connectivity index (χ2v) is 5.49. The number of hydrogen-bond donors (Lipinski definition) is 1. The van der Waals surface area contributed by atoms with Crippen LogP contribution in [0.4, 0.5) is 13.2 Å². The van der Waals surface area contributed by atoms with Crippen molar-refractivity contribution in [3.8, 4) is 5.75 Å². The van der Waals surface area contributed by atoms with E-state index in [0.717, 1.165) is 38.2 Å². The van der Waals surface area contributed by atoms with E-state index in [9.17, 15) is 13.2 Å². The van der Waals surface area contributed by atoms with Crippen LogP contribution in [-0.4, -0.2) is 13.7 Å². The molecule has 0 atom stereocenters. The van der Waals surface area contributed by atoms with Crippen LogP contribution in [0.2, 0.25) is 0 Å². The van der Waals surface area contributed by atoms with Gasteiger partial charge in [0.1, 0.15) is 5.75 Å². The maximum Gasteiger partial charge on any atom is 0.416 e. The molecule has 1 aromatic rings. The van der Waals surface area contributed by atoms with E-state index in [1.807, 2.05) is 0 Å². The molecular weight excluding hydrogens is 267 g/mol. The second kappa shape index (κ2) is 5.64. The molecule has 1 saturated carbocycles. The minimum absolute atomic E-state index is 0.244. The van der Waals surface area contributed by atoms with E-state index in [1.54, 1.807) is 6.07 Å². The Morgan fingerprint density at radius 1 is 1.15 bits per heavy atom. The van der Waals surface area contributed by atoms with Crippen molar-refractivity contribution in [1.82, 2.24) is 0 Å². The van der Waals surface area contributed by atoms with Crippen LogP contribution >= 0.6 is 0 Å². The normalized spacial score (nSPS) is 18.9. The summed E-state index contributed by atoms with van der Waals surface area (Å²) in [5.41, 5.74) is 5.56. The summed E-state index contributed by atoms with van der Waals surface area (Å²) in [5, 5.41) is 0. The van der Waals surface area contributed by atoms with Crippen molar-refractivity contribution in [2.75, 3.05) is 13.7 Å². The van der Waals surface area contributed by atoms with Gasteiger partial charge in [-0.05, 0) is 36.6 Å². The molecule has 112 valence electrons. The van der Waals surface area contributed by atoms with Crippen LogP contribution in [0.1, 0.15) is 43.2 Å². The van der Waals surface area contributed by atoms with E-state index in [1.165, 1.54) is 13.2 Å². The number of rotatable bonds is 3. The van der Waals surface area contributed by atoms with Gasteiger partial charge < -0.3 is 10.5 Å². The topological polar surface area (TPSA) is 35.2 Å². The van der Waals surface area contributed by atoms with E-state index in [4.69, 9.17) is 10.5 Å². The molecule has 0 aliphatic heterocycles. The van der Waals surface area contributed by atoms with E-state index in [0.29, 0.717) is 12.1 Å². The van der Waals surface area contributed by atoms with Crippen LogP contribution in [0.25, 0.3) is 0 Å². The first-order valence-electron chi connectivity index (χ1n) is 6.88. The summed E-state index contributed by atoms with van der Waals surface area (Å²) in [6.07, 6.45) is 0.457. The lowest BCUT2D eigenvalue weighted by Gasteiger charge is -2.37. The third kappa shape index (κ3) is 2.92. The smallest absolute Gasteiger partial charge is 0.416 e. The van der Waals surface area contributed by atoms with Gasteiger partial charge in [-0.15, -0.1) is 0 Å². The van der Waals surface area contributed by atoms with Crippen molar-refractivity contribution in [1.29, 1.82) is 0 Å². The quantitative estimate of drug-likeness (QED) is 0.915. The maximum absolute atomic E-state index is 13.0. The Labute approximate surface area is 117 Å². The molecule has 1 fully saturated rings. The van der Waals surface area contributed by atoms with Gasteiger partial charge in [0.05, 0.1) is 12.7 Å². The summed E-state index contributed by atoms with van der Waals surface area (Å²) in [7, 11) is 1.38. The van der Waals surface area contributed by atoms with Gasteiger partial charge in [-0.3, -0.25) is 0 Å². The van der Waals surface area contributed by atoms with Crippen molar-refractivity contribution in [2.45, 2.75) is 43.7 Å². The Balaban J connectivity index is 2.49. The number of nitrogens with two attached hydrogens (primary N) is 1. The van der Waals surface area contributed by atoms with Gasteiger partial charge in [0.25, 0.3) is 0 Å². The predicted molar refractivity (Wildman–Crippen MR) is 71.8 cm³/mol. The highest BCUT2D eigenvalue weighted by Crippen LogP contribution is 2.42. The molecule has 1 aliphatic rings. The lowest BCUT2D eigenvalue weighted by atomic mass is 9.69.